The van der Waals surface area contributed by atoms with E-state index in [1.54, 1.807) is 13.0 Å². The van der Waals surface area contributed by atoms with Crippen molar-refractivity contribution >= 4 is 5.95 Å². The Kier molecular flexibility index (Phi) is 2.47. The Morgan fingerprint density at radius 2 is 2.19 bits per heavy atom. The molecule has 6 heteroatoms. The van der Waals surface area contributed by atoms with Crippen molar-refractivity contribution in [2.75, 3.05) is 12.8 Å². The molecule has 0 aliphatic carbocycles. The average Bonchev–Trinajstić information content (AvgIpc) is 2.60. The number of nitrogen functional groups attached to an aromatic ring is 1. The number of anilines is 1. The van der Waals surface area contributed by atoms with E-state index in [0.717, 1.165) is 5.56 Å². The summed E-state index contributed by atoms with van der Waals surface area (Å²) in [5.74, 6) is -0.0986. The smallest absolute Gasteiger partial charge is 0.337 e. The highest BCUT2D eigenvalue weighted by Gasteiger charge is 2.11. The fraction of sp³-hybridized carbons (Fsp3) is 0.200. The molecule has 1 aromatic carbocycles. The van der Waals surface area contributed by atoms with Gasteiger partial charge < -0.3 is 10.5 Å². The minimum Gasteiger partial charge on any atom is -0.466 e. The number of rotatable bonds is 2. The molecule has 0 saturated heterocycles. The summed E-state index contributed by atoms with van der Waals surface area (Å²) in [6.07, 6.45) is 0. The molecule has 84 valence electrons. The number of benzene rings is 1. The van der Waals surface area contributed by atoms with Crippen molar-refractivity contribution in [3.63, 3.8) is 0 Å². The van der Waals surface area contributed by atoms with Crippen LogP contribution in [-0.4, -0.2) is 21.9 Å². The van der Waals surface area contributed by atoms with Crippen LogP contribution in [0.1, 0.15) is 5.56 Å². The van der Waals surface area contributed by atoms with Gasteiger partial charge in [0.25, 0.3) is 0 Å². The maximum atomic E-state index is 12.9. The maximum absolute atomic E-state index is 12.9. The summed E-state index contributed by atoms with van der Waals surface area (Å²) in [5, 5.41) is 4.02. The summed E-state index contributed by atoms with van der Waals surface area (Å²) >= 11 is 0. The van der Waals surface area contributed by atoms with Gasteiger partial charge in [-0.1, -0.05) is 0 Å². The number of nitrogens with two attached hydrogens (primary N) is 1. The standard InChI is InChI=1S/C10H11FN4O/c1-6-5-7(11)3-4-8(6)15-9(12)13-10(14-15)16-2/h3-5H,1-2H3,(H2,12,13,14). The van der Waals surface area contributed by atoms with E-state index >= 15 is 0 Å². The first-order chi connectivity index (χ1) is 7.61. The zero-order valence-electron chi connectivity index (χ0n) is 8.94. The summed E-state index contributed by atoms with van der Waals surface area (Å²) in [5.41, 5.74) is 7.07. The van der Waals surface area contributed by atoms with Crippen molar-refractivity contribution in [3.8, 4) is 11.7 Å². The van der Waals surface area contributed by atoms with Crippen LogP contribution in [0.3, 0.4) is 0 Å². The number of hydrogen-bond acceptors (Lipinski definition) is 4. The Morgan fingerprint density at radius 3 is 2.75 bits per heavy atom. The van der Waals surface area contributed by atoms with E-state index in [1.165, 1.54) is 23.9 Å². The fourth-order valence-electron chi connectivity index (χ4n) is 1.42. The van der Waals surface area contributed by atoms with Crippen molar-refractivity contribution in [3.05, 3.63) is 29.6 Å². The first kappa shape index (κ1) is 10.4. The van der Waals surface area contributed by atoms with E-state index in [2.05, 4.69) is 10.1 Å². The van der Waals surface area contributed by atoms with Crippen LogP contribution in [0.4, 0.5) is 10.3 Å². The van der Waals surface area contributed by atoms with Gasteiger partial charge in [0.05, 0.1) is 12.8 Å². The molecule has 2 N–H and O–H groups in total. The lowest BCUT2D eigenvalue weighted by Gasteiger charge is -2.05. The molecule has 0 bridgehead atoms. The van der Waals surface area contributed by atoms with Crippen LogP contribution >= 0.6 is 0 Å². The van der Waals surface area contributed by atoms with Gasteiger partial charge >= 0.3 is 6.01 Å². The molecular weight excluding hydrogens is 211 g/mol. The molecule has 2 aromatic rings. The molecule has 0 unspecified atom stereocenters. The van der Waals surface area contributed by atoms with E-state index in [-0.39, 0.29) is 17.8 Å². The van der Waals surface area contributed by atoms with Crippen LogP contribution in [0.2, 0.25) is 0 Å². The Morgan fingerprint density at radius 1 is 1.44 bits per heavy atom. The summed E-state index contributed by atoms with van der Waals surface area (Å²) in [6, 6.07) is 4.52. The average molecular weight is 222 g/mol. The fourth-order valence-corrected chi connectivity index (χ4v) is 1.42. The predicted octanol–water partition coefficient (Wildman–Crippen LogP) is 1.31. The van der Waals surface area contributed by atoms with Gasteiger partial charge in [-0.3, -0.25) is 0 Å². The van der Waals surface area contributed by atoms with Crippen molar-refractivity contribution in [1.29, 1.82) is 0 Å². The molecule has 0 aliphatic heterocycles. The van der Waals surface area contributed by atoms with E-state index in [4.69, 9.17) is 10.5 Å². The van der Waals surface area contributed by atoms with Gasteiger partial charge in [0, 0.05) is 0 Å². The first-order valence-corrected chi connectivity index (χ1v) is 4.65. The van der Waals surface area contributed by atoms with Crippen LogP contribution in [-0.2, 0) is 0 Å². The van der Waals surface area contributed by atoms with Gasteiger partial charge in [-0.15, -0.1) is 5.10 Å². The van der Waals surface area contributed by atoms with Gasteiger partial charge in [0.2, 0.25) is 5.95 Å². The zero-order chi connectivity index (χ0) is 11.7. The second-order valence-electron chi connectivity index (χ2n) is 3.30. The molecule has 0 radical (unpaired) electrons. The third-order valence-corrected chi connectivity index (χ3v) is 2.18. The molecule has 0 fully saturated rings. The lowest BCUT2D eigenvalue weighted by atomic mass is 10.2. The number of halogens is 1. The van der Waals surface area contributed by atoms with Crippen LogP contribution in [0.5, 0.6) is 6.01 Å². The van der Waals surface area contributed by atoms with E-state index in [0.29, 0.717) is 5.69 Å². The van der Waals surface area contributed by atoms with Gasteiger partial charge in [-0.2, -0.15) is 9.67 Å². The number of ether oxygens (including phenoxy) is 1. The predicted molar refractivity (Wildman–Crippen MR) is 57.0 cm³/mol. The number of nitrogens with zero attached hydrogens (tertiary/aromatic N) is 3. The van der Waals surface area contributed by atoms with Crippen molar-refractivity contribution in [1.82, 2.24) is 14.8 Å². The number of aryl methyl sites for hydroxylation is 1. The van der Waals surface area contributed by atoms with Gasteiger partial charge in [0.1, 0.15) is 5.82 Å². The Bertz CT molecular complexity index is 524. The van der Waals surface area contributed by atoms with Crippen LogP contribution in [0.15, 0.2) is 18.2 Å². The monoisotopic (exact) mass is 222 g/mol. The molecule has 0 amide bonds. The van der Waals surface area contributed by atoms with Gasteiger partial charge in [-0.05, 0) is 30.7 Å². The first-order valence-electron chi connectivity index (χ1n) is 4.65. The molecule has 0 saturated carbocycles. The molecule has 0 spiro atoms. The Labute approximate surface area is 91.7 Å². The lowest BCUT2D eigenvalue weighted by molar-refractivity contribution is 0.380. The zero-order valence-corrected chi connectivity index (χ0v) is 8.94. The largest absolute Gasteiger partial charge is 0.466 e. The van der Waals surface area contributed by atoms with Gasteiger partial charge in [-0.25, -0.2) is 4.39 Å². The maximum Gasteiger partial charge on any atom is 0.337 e. The summed E-state index contributed by atoms with van der Waals surface area (Å²) in [4.78, 5) is 3.88. The lowest BCUT2D eigenvalue weighted by Crippen LogP contribution is -2.04. The molecule has 2 rings (SSSR count). The van der Waals surface area contributed by atoms with E-state index < -0.39 is 0 Å². The quantitative estimate of drug-likeness (QED) is 0.831. The number of methoxy groups -OCH3 is 1. The molecular formula is C10H11FN4O. The highest BCUT2D eigenvalue weighted by Crippen LogP contribution is 2.18. The van der Waals surface area contributed by atoms with Crippen LogP contribution in [0, 0.1) is 12.7 Å². The van der Waals surface area contributed by atoms with E-state index in [9.17, 15) is 4.39 Å². The van der Waals surface area contributed by atoms with Crippen LogP contribution < -0.4 is 10.5 Å². The van der Waals surface area contributed by atoms with Crippen molar-refractivity contribution in [2.24, 2.45) is 0 Å². The molecule has 5 nitrogen and oxygen atoms in total. The number of aromatic nitrogens is 3. The second-order valence-corrected chi connectivity index (χ2v) is 3.30. The number of hydrogen-bond donors (Lipinski definition) is 1. The topological polar surface area (TPSA) is 66.0 Å². The SMILES string of the molecule is COc1nc(N)n(-c2ccc(F)cc2C)n1. The summed E-state index contributed by atoms with van der Waals surface area (Å²) < 4.78 is 19.2. The third-order valence-electron chi connectivity index (χ3n) is 2.18. The summed E-state index contributed by atoms with van der Waals surface area (Å²) in [7, 11) is 1.45. The third kappa shape index (κ3) is 1.69. The molecule has 0 aliphatic rings. The molecule has 16 heavy (non-hydrogen) atoms. The highest BCUT2D eigenvalue weighted by atomic mass is 19.1. The normalized spacial score (nSPS) is 10.4. The highest BCUT2D eigenvalue weighted by molar-refractivity contribution is 5.44. The Balaban J connectivity index is 2.53. The van der Waals surface area contributed by atoms with Gasteiger partial charge in [0.15, 0.2) is 0 Å². The minimum absolute atomic E-state index is 0.182. The van der Waals surface area contributed by atoms with Crippen molar-refractivity contribution in [2.45, 2.75) is 6.92 Å². The molecule has 0 atom stereocenters. The molecule has 1 aromatic heterocycles. The second kappa shape index (κ2) is 3.80. The summed E-state index contributed by atoms with van der Waals surface area (Å²) in [6.45, 7) is 1.77. The Hall–Kier alpha value is -2.11. The van der Waals surface area contributed by atoms with E-state index in [1.807, 2.05) is 0 Å². The minimum atomic E-state index is -0.299. The molecule has 1 heterocycles. The van der Waals surface area contributed by atoms with Crippen LogP contribution in [0.25, 0.3) is 5.69 Å². The van der Waals surface area contributed by atoms with Crippen molar-refractivity contribution < 1.29 is 9.13 Å².